The summed E-state index contributed by atoms with van der Waals surface area (Å²) in [5.41, 5.74) is 2.15. The Morgan fingerprint density at radius 2 is 1.79 bits per heavy atom. The number of hydrogen-bond acceptors (Lipinski definition) is 5. The van der Waals surface area contributed by atoms with Crippen molar-refractivity contribution >= 4 is 23.6 Å². The molecule has 1 fully saturated rings. The molecule has 0 spiro atoms. The van der Waals surface area contributed by atoms with Crippen molar-refractivity contribution < 1.29 is 9.59 Å². The lowest BCUT2D eigenvalue weighted by Gasteiger charge is -2.34. The van der Waals surface area contributed by atoms with Crippen LogP contribution in [0.3, 0.4) is 0 Å². The highest BCUT2D eigenvalue weighted by Crippen LogP contribution is 2.31. The second-order valence-corrected chi connectivity index (χ2v) is 7.45. The molecule has 29 heavy (non-hydrogen) atoms. The van der Waals surface area contributed by atoms with Crippen molar-refractivity contribution in [1.29, 1.82) is 0 Å². The molecular weight excluding hydrogens is 368 g/mol. The van der Waals surface area contributed by atoms with E-state index in [4.69, 9.17) is 0 Å². The number of piperazine rings is 1. The van der Waals surface area contributed by atoms with Gasteiger partial charge in [0.05, 0.1) is 0 Å². The number of aromatic nitrogens is 2. The number of nitrogens with one attached hydrogen (secondary N) is 1. The van der Waals surface area contributed by atoms with Crippen LogP contribution in [0.2, 0.25) is 0 Å². The maximum atomic E-state index is 12.6. The summed E-state index contributed by atoms with van der Waals surface area (Å²) in [5, 5.41) is 2.91. The average molecular weight is 394 g/mol. The van der Waals surface area contributed by atoms with Crippen molar-refractivity contribution in [1.82, 2.24) is 20.2 Å². The molecular formula is C21H26N6O2. The van der Waals surface area contributed by atoms with Crippen molar-refractivity contribution in [3.8, 4) is 0 Å². The minimum atomic E-state index is -0.138. The molecule has 152 valence electrons. The molecule has 2 aliphatic rings. The molecule has 2 aromatic rings. The zero-order chi connectivity index (χ0) is 20.2. The number of urea groups is 1. The van der Waals surface area contributed by atoms with E-state index in [1.54, 1.807) is 23.4 Å². The van der Waals surface area contributed by atoms with Crippen molar-refractivity contribution in [2.75, 3.05) is 42.5 Å². The van der Waals surface area contributed by atoms with Crippen LogP contribution in [0.4, 0.5) is 16.4 Å². The van der Waals surface area contributed by atoms with Crippen LogP contribution in [0.25, 0.3) is 0 Å². The monoisotopic (exact) mass is 394 g/mol. The quantitative estimate of drug-likeness (QED) is 0.853. The van der Waals surface area contributed by atoms with E-state index < -0.39 is 0 Å². The molecule has 0 saturated carbocycles. The van der Waals surface area contributed by atoms with E-state index in [-0.39, 0.29) is 18.0 Å². The third-order valence-electron chi connectivity index (χ3n) is 5.51. The standard InChI is InChI=1S/C21H26N6O2/c1-16-15-17-5-2-3-6-18(17)27(16)21(29)24-10-7-19(28)25-11-13-26(14-12-25)20-22-8-4-9-23-20/h2-6,8-9,16H,7,10-15H2,1H3,(H,24,29). The number of anilines is 2. The summed E-state index contributed by atoms with van der Waals surface area (Å²) in [7, 11) is 0. The first-order valence-corrected chi connectivity index (χ1v) is 10.1. The smallest absolute Gasteiger partial charge is 0.322 e. The Morgan fingerprint density at radius 1 is 1.07 bits per heavy atom. The topological polar surface area (TPSA) is 81.7 Å². The van der Waals surface area contributed by atoms with Crippen molar-refractivity contribution in [2.24, 2.45) is 0 Å². The van der Waals surface area contributed by atoms with Gasteiger partial charge in [-0.15, -0.1) is 0 Å². The molecule has 0 radical (unpaired) electrons. The van der Waals surface area contributed by atoms with Crippen molar-refractivity contribution in [3.63, 3.8) is 0 Å². The molecule has 2 aliphatic heterocycles. The van der Waals surface area contributed by atoms with Gasteiger partial charge in [-0.25, -0.2) is 14.8 Å². The number of nitrogens with zero attached hydrogens (tertiary/aromatic N) is 5. The van der Waals surface area contributed by atoms with Gasteiger partial charge in [0, 0.05) is 63.3 Å². The van der Waals surface area contributed by atoms with Gasteiger partial charge in [-0.3, -0.25) is 9.69 Å². The first-order valence-electron chi connectivity index (χ1n) is 10.1. The Morgan fingerprint density at radius 3 is 2.55 bits per heavy atom. The van der Waals surface area contributed by atoms with Crippen molar-refractivity contribution in [3.05, 3.63) is 48.3 Å². The summed E-state index contributed by atoms with van der Waals surface area (Å²) in [6, 6.07) is 9.75. The lowest BCUT2D eigenvalue weighted by Crippen LogP contribution is -2.50. The largest absolute Gasteiger partial charge is 0.339 e. The fourth-order valence-electron chi connectivity index (χ4n) is 4.01. The SMILES string of the molecule is CC1Cc2ccccc2N1C(=O)NCCC(=O)N1CCN(c2ncccn2)CC1. The van der Waals surface area contributed by atoms with Gasteiger partial charge in [-0.05, 0) is 31.0 Å². The fraction of sp³-hybridized carbons (Fsp3) is 0.429. The highest BCUT2D eigenvalue weighted by molar-refractivity contribution is 5.95. The van der Waals surface area contributed by atoms with Gasteiger partial charge >= 0.3 is 6.03 Å². The van der Waals surface area contributed by atoms with E-state index in [9.17, 15) is 9.59 Å². The molecule has 1 N–H and O–H groups in total. The number of para-hydroxylation sites is 1. The lowest BCUT2D eigenvalue weighted by atomic mass is 10.1. The minimum Gasteiger partial charge on any atom is -0.339 e. The Bertz CT molecular complexity index is 866. The molecule has 8 nitrogen and oxygen atoms in total. The number of rotatable bonds is 4. The summed E-state index contributed by atoms with van der Waals surface area (Å²) in [6.07, 6.45) is 4.61. The Hall–Kier alpha value is -3.16. The zero-order valence-corrected chi connectivity index (χ0v) is 16.6. The highest BCUT2D eigenvalue weighted by Gasteiger charge is 2.30. The van der Waals surface area contributed by atoms with Crippen LogP contribution in [0.5, 0.6) is 0 Å². The lowest BCUT2D eigenvalue weighted by molar-refractivity contribution is -0.131. The maximum absolute atomic E-state index is 12.6. The van der Waals surface area contributed by atoms with Gasteiger partial charge in [-0.1, -0.05) is 18.2 Å². The van der Waals surface area contributed by atoms with Gasteiger partial charge in [0.1, 0.15) is 0 Å². The number of hydrogen-bond donors (Lipinski definition) is 1. The maximum Gasteiger partial charge on any atom is 0.322 e. The van der Waals surface area contributed by atoms with E-state index >= 15 is 0 Å². The molecule has 1 unspecified atom stereocenters. The summed E-state index contributed by atoms with van der Waals surface area (Å²) >= 11 is 0. The predicted octanol–water partition coefficient (Wildman–Crippen LogP) is 1.68. The second kappa shape index (κ2) is 8.46. The van der Waals surface area contributed by atoms with Crippen LogP contribution in [0, 0.1) is 0 Å². The molecule has 1 atom stereocenters. The summed E-state index contributed by atoms with van der Waals surface area (Å²) in [4.78, 5) is 39.4. The molecule has 1 aromatic heterocycles. The third kappa shape index (κ3) is 4.16. The van der Waals surface area contributed by atoms with Gasteiger partial charge in [-0.2, -0.15) is 0 Å². The number of fused-ring (bicyclic) bond motifs is 1. The molecule has 1 saturated heterocycles. The summed E-state index contributed by atoms with van der Waals surface area (Å²) in [5.74, 6) is 0.765. The third-order valence-corrected chi connectivity index (χ3v) is 5.51. The van der Waals surface area contributed by atoms with Crippen LogP contribution >= 0.6 is 0 Å². The first-order chi connectivity index (χ1) is 14.1. The van der Waals surface area contributed by atoms with Crippen molar-refractivity contribution in [2.45, 2.75) is 25.8 Å². The van der Waals surface area contributed by atoms with Crippen LogP contribution in [0.1, 0.15) is 18.9 Å². The number of amides is 3. The predicted molar refractivity (Wildman–Crippen MR) is 111 cm³/mol. The molecule has 3 heterocycles. The van der Waals surface area contributed by atoms with E-state index in [2.05, 4.69) is 26.3 Å². The average Bonchev–Trinajstić information content (AvgIpc) is 3.10. The summed E-state index contributed by atoms with van der Waals surface area (Å²) < 4.78 is 0. The molecule has 4 rings (SSSR count). The van der Waals surface area contributed by atoms with Crippen LogP contribution in [-0.2, 0) is 11.2 Å². The molecule has 0 bridgehead atoms. The van der Waals surface area contributed by atoms with Gasteiger partial charge in [0.25, 0.3) is 0 Å². The number of benzene rings is 1. The van der Waals surface area contributed by atoms with Crippen LogP contribution < -0.4 is 15.1 Å². The second-order valence-electron chi connectivity index (χ2n) is 7.45. The zero-order valence-electron chi connectivity index (χ0n) is 16.6. The van der Waals surface area contributed by atoms with E-state index in [0.717, 1.165) is 12.1 Å². The number of carbonyl (C=O) groups excluding carboxylic acids is 2. The molecule has 3 amide bonds. The van der Waals surface area contributed by atoms with E-state index in [0.29, 0.717) is 45.1 Å². The molecule has 1 aromatic carbocycles. The van der Waals surface area contributed by atoms with Crippen LogP contribution in [0.15, 0.2) is 42.7 Å². The molecule has 8 heteroatoms. The van der Waals surface area contributed by atoms with Crippen LogP contribution in [-0.4, -0.2) is 65.6 Å². The van der Waals surface area contributed by atoms with Gasteiger partial charge in [0.15, 0.2) is 0 Å². The Kier molecular flexibility index (Phi) is 5.59. The van der Waals surface area contributed by atoms with Gasteiger partial charge < -0.3 is 15.1 Å². The van der Waals surface area contributed by atoms with E-state index in [1.165, 1.54) is 5.56 Å². The first kappa shape index (κ1) is 19.2. The fourth-order valence-corrected chi connectivity index (χ4v) is 4.01. The summed E-state index contributed by atoms with van der Waals surface area (Å²) in [6.45, 7) is 5.09. The Labute approximate surface area is 170 Å². The number of carbonyl (C=O) groups is 2. The highest BCUT2D eigenvalue weighted by atomic mass is 16.2. The Balaban J connectivity index is 1.23. The van der Waals surface area contributed by atoms with E-state index in [1.807, 2.05) is 30.0 Å². The normalized spacial score (nSPS) is 18.5. The minimum absolute atomic E-state index is 0.0637. The van der Waals surface area contributed by atoms with Gasteiger partial charge in [0.2, 0.25) is 11.9 Å². The molecule has 0 aliphatic carbocycles.